The standard InChI is InChI=1S/C20H22N4O4S/c1-11-13(3)29-19-16(11)18(26)23-17(24-19)12(2)28-15(25)9-10-21-20(27)22-14-7-5-4-6-8-14/h4-8,12H,9-10H2,1-3H3,(H2,21,22,27)(H,23,24,26)/t12-/m1/s1. The number of thiophene rings is 1. The van der Waals surface area contributed by atoms with Crippen molar-refractivity contribution in [2.45, 2.75) is 33.3 Å². The van der Waals surface area contributed by atoms with Crippen LogP contribution in [0.4, 0.5) is 10.5 Å². The van der Waals surface area contributed by atoms with Crippen LogP contribution in [0.25, 0.3) is 10.2 Å². The quantitative estimate of drug-likeness (QED) is 0.535. The van der Waals surface area contributed by atoms with E-state index in [2.05, 4.69) is 20.6 Å². The second kappa shape index (κ2) is 8.87. The van der Waals surface area contributed by atoms with E-state index in [1.54, 1.807) is 19.1 Å². The fraction of sp³-hybridized carbons (Fsp3) is 0.300. The minimum absolute atomic E-state index is 0.00373. The molecule has 2 aromatic heterocycles. The first-order chi connectivity index (χ1) is 13.8. The lowest BCUT2D eigenvalue weighted by Crippen LogP contribution is -2.31. The highest BCUT2D eigenvalue weighted by Crippen LogP contribution is 2.26. The van der Waals surface area contributed by atoms with Gasteiger partial charge < -0.3 is 20.4 Å². The Morgan fingerprint density at radius 3 is 2.69 bits per heavy atom. The van der Waals surface area contributed by atoms with Gasteiger partial charge in [-0.25, -0.2) is 9.78 Å². The number of urea groups is 1. The molecule has 1 aromatic carbocycles. The Bertz CT molecular complexity index is 1090. The number of hydrogen-bond acceptors (Lipinski definition) is 6. The van der Waals surface area contributed by atoms with Crippen molar-refractivity contribution in [2.75, 3.05) is 11.9 Å². The third-order valence-electron chi connectivity index (χ3n) is 4.40. The molecule has 0 bridgehead atoms. The van der Waals surface area contributed by atoms with Gasteiger partial charge >= 0.3 is 12.0 Å². The normalized spacial score (nSPS) is 11.8. The molecule has 29 heavy (non-hydrogen) atoms. The van der Waals surface area contributed by atoms with E-state index in [4.69, 9.17) is 4.74 Å². The first kappa shape index (κ1) is 20.5. The van der Waals surface area contributed by atoms with Gasteiger partial charge in [0.05, 0.1) is 11.8 Å². The summed E-state index contributed by atoms with van der Waals surface area (Å²) in [6, 6.07) is 8.58. The number of amides is 2. The van der Waals surface area contributed by atoms with E-state index in [1.165, 1.54) is 11.3 Å². The van der Waals surface area contributed by atoms with Crippen molar-refractivity contribution >= 4 is 39.2 Å². The minimum Gasteiger partial charge on any atom is -0.454 e. The highest BCUT2D eigenvalue weighted by atomic mass is 32.1. The average Bonchev–Trinajstić information content (AvgIpc) is 2.96. The molecular weight excluding hydrogens is 392 g/mol. The van der Waals surface area contributed by atoms with E-state index in [0.29, 0.717) is 21.7 Å². The molecular formula is C20H22N4O4S. The number of para-hydroxylation sites is 1. The number of fused-ring (bicyclic) bond motifs is 1. The number of carbonyl (C=O) groups excluding carboxylic acids is 2. The smallest absolute Gasteiger partial charge is 0.319 e. The molecule has 0 spiro atoms. The molecule has 0 aliphatic rings. The van der Waals surface area contributed by atoms with E-state index >= 15 is 0 Å². The second-order valence-corrected chi connectivity index (χ2v) is 7.75. The summed E-state index contributed by atoms with van der Waals surface area (Å²) in [6.07, 6.45) is -0.712. The van der Waals surface area contributed by atoms with Crippen LogP contribution in [-0.4, -0.2) is 28.5 Å². The molecule has 0 fully saturated rings. The summed E-state index contributed by atoms with van der Waals surface area (Å²) in [5.74, 6) is -0.203. The average molecular weight is 414 g/mol. The number of nitrogens with zero attached hydrogens (tertiary/aromatic N) is 1. The lowest BCUT2D eigenvalue weighted by Gasteiger charge is -2.13. The van der Waals surface area contributed by atoms with E-state index in [0.717, 1.165) is 10.4 Å². The summed E-state index contributed by atoms with van der Waals surface area (Å²) < 4.78 is 5.34. The van der Waals surface area contributed by atoms with Gasteiger partial charge in [-0.05, 0) is 38.5 Å². The van der Waals surface area contributed by atoms with Crippen molar-refractivity contribution in [1.82, 2.24) is 15.3 Å². The summed E-state index contributed by atoms with van der Waals surface area (Å²) in [5.41, 5.74) is 1.33. The number of aromatic nitrogens is 2. The van der Waals surface area contributed by atoms with E-state index in [-0.39, 0.29) is 18.5 Å². The minimum atomic E-state index is -0.708. The Kier molecular flexibility index (Phi) is 6.28. The molecule has 3 rings (SSSR count). The number of carbonyl (C=O) groups is 2. The summed E-state index contributed by atoms with van der Waals surface area (Å²) in [7, 11) is 0. The maximum atomic E-state index is 12.3. The predicted octanol–water partition coefficient (Wildman–Crippen LogP) is 3.42. The number of ether oxygens (including phenoxy) is 1. The zero-order valence-corrected chi connectivity index (χ0v) is 17.2. The molecule has 3 N–H and O–H groups in total. The highest BCUT2D eigenvalue weighted by molar-refractivity contribution is 7.18. The number of H-pyrrole nitrogens is 1. The van der Waals surface area contributed by atoms with Crippen molar-refractivity contribution < 1.29 is 14.3 Å². The first-order valence-electron chi connectivity index (χ1n) is 9.14. The molecule has 3 aromatic rings. The highest BCUT2D eigenvalue weighted by Gasteiger charge is 2.18. The van der Waals surface area contributed by atoms with Crippen LogP contribution in [0.2, 0.25) is 0 Å². The van der Waals surface area contributed by atoms with Crippen LogP contribution < -0.4 is 16.2 Å². The van der Waals surface area contributed by atoms with Crippen molar-refractivity contribution in [3.63, 3.8) is 0 Å². The van der Waals surface area contributed by atoms with Crippen LogP contribution in [0, 0.1) is 13.8 Å². The monoisotopic (exact) mass is 414 g/mol. The zero-order chi connectivity index (χ0) is 21.0. The summed E-state index contributed by atoms with van der Waals surface area (Å²) in [6.45, 7) is 5.59. The van der Waals surface area contributed by atoms with Crippen LogP contribution >= 0.6 is 11.3 Å². The van der Waals surface area contributed by atoms with Gasteiger partial charge in [0, 0.05) is 17.1 Å². The molecule has 0 saturated heterocycles. The van der Waals surface area contributed by atoms with Gasteiger partial charge in [0.15, 0.2) is 11.9 Å². The molecule has 152 valence electrons. The predicted molar refractivity (Wildman–Crippen MR) is 112 cm³/mol. The van der Waals surface area contributed by atoms with Crippen LogP contribution in [0.5, 0.6) is 0 Å². The van der Waals surface area contributed by atoms with Gasteiger partial charge in [-0.15, -0.1) is 11.3 Å². The first-order valence-corrected chi connectivity index (χ1v) is 9.96. The van der Waals surface area contributed by atoms with Crippen molar-refractivity contribution in [3.05, 3.63) is 57.0 Å². The second-order valence-electron chi connectivity index (χ2n) is 6.54. The zero-order valence-electron chi connectivity index (χ0n) is 16.4. The van der Waals surface area contributed by atoms with Gasteiger partial charge in [0.25, 0.3) is 5.56 Å². The summed E-state index contributed by atoms with van der Waals surface area (Å²) in [4.78, 5) is 45.0. The number of rotatable bonds is 6. The molecule has 2 amide bonds. The van der Waals surface area contributed by atoms with Gasteiger partial charge in [0.1, 0.15) is 4.83 Å². The fourth-order valence-electron chi connectivity index (χ4n) is 2.75. The largest absolute Gasteiger partial charge is 0.454 e. The lowest BCUT2D eigenvalue weighted by atomic mass is 10.2. The fourth-order valence-corrected chi connectivity index (χ4v) is 3.79. The Hall–Kier alpha value is -3.20. The number of hydrogen-bond donors (Lipinski definition) is 3. The Morgan fingerprint density at radius 1 is 1.24 bits per heavy atom. The maximum absolute atomic E-state index is 12.3. The Morgan fingerprint density at radius 2 is 1.97 bits per heavy atom. The molecule has 0 aliphatic heterocycles. The Balaban J connectivity index is 1.52. The summed E-state index contributed by atoms with van der Waals surface area (Å²) in [5, 5.41) is 5.83. The number of anilines is 1. The van der Waals surface area contributed by atoms with E-state index in [9.17, 15) is 14.4 Å². The number of aryl methyl sites for hydroxylation is 2. The SMILES string of the molecule is Cc1sc2nc([C@@H](C)OC(=O)CCNC(=O)Nc3ccccc3)[nH]c(=O)c2c1C. The molecule has 9 heteroatoms. The van der Waals surface area contributed by atoms with Crippen LogP contribution in [0.3, 0.4) is 0 Å². The Labute approximate surface area is 171 Å². The molecule has 0 unspecified atom stereocenters. The summed E-state index contributed by atoms with van der Waals surface area (Å²) >= 11 is 1.44. The van der Waals surface area contributed by atoms with Crippen molar-refractivity contribution in [3.8, 4) is 0 Å². The van der Waals surface area contributed by atoms with Crippen LogP contribution in [0.1, 0.15) is 35.7 Å². The molecule has 1 atom stereocenters. The van der Waals surface area contributed by atoms with E-state index < -0.39 is 18.1 Å². The van der Waals surface area contributed by atoms with E-state index in [1.807, 2.05) is 32.0 Å². The molecule has 0 aliphatic carbocycles. The molecule has 8 nitrogen and oxygen atoms in total. The van der Waals surface area contributed by atoms with Crippen molar-refractivity contribution in [2.24, 2.45) is 0 Å². The molecule has 0 saturated carbocycles. The topological polar surface area (TPSA) is 113 Å². The number of benzene rings is 1. The third-order valence-corrected chi connectivity index (χ3v) is 5.50. The van der Waals surface area contributed by atoms with Crippen LogP contribution in [-0.2, 0) is 9.53 Å². The number of aromatic amines is 1. The lowest BCUT2D eigenvalue weighted by molar-refractivity contribution is -0.148. The molecule has 0 radical (unpaired) electrons. The molecule has 2 heterocycles. The maximum Gasteiger partial charge on any atom is 0.319 e. The third kappa shape index (κ3) is 5.00. The van der Waals surface area contributed by atoms with Gasteiger partial charge in [0.2, 0.25) is 0 Å². The number of esters is 1. The van der Waals surface area contributed by atoms with Gasteiger partial charge in [-0.2, -0.15) is 0 Å². The van der Waals surface area contributed by atoms with Crippen LogP contribution in [0.15, 0.2) is 35.1 Å². The van der Waals surface area contributed by atoms with Gasteiger partial charge in [-0.1, -0.05) is 18.2 Å². The number of nitrogens with one attached hydrogen (secondary N) is 3. The van der Waals surface area contributed by atoms with Gasteiger partial charge in [-0.3, -0.25) is 9.59 Å². The van der Waals surface area contributed by atoms with Crippen molar-refractivity contribution in [1.29, 1.82) is 0 Å².